The molecule has 106 valence electrons. The monoisotopic (exact) mass is 290 g/mol. The smallest absolute Gasteiger partial charge is 0.244 e. The van der Waals surface area contributed by atoms with E-state index < -0.39 is 5.41 Å². The highest BCUT2D eigenvalue weighted by Crippen LogP contribution is 2.32. The number of carbonyl (C=O) groups is 2. The van der Waals surface area contributed by atoms with Crippen molar-refractivity contribution < 1.29 is 9.59 Å². The molecule has 0 unspecified atom stereocenters. The second-order valence-electron chi connectivity index (χ2n) is 4.91. The lowest BCUT2D eigenvalue weighted by Crippen LogP contribution is -2.64. The number of nitrogens with zero attached hydrogens (tertiary/aromatic N) is 1. The fraction of sp³-hybridized carbons (Fsp3) is 0.400. The summed E-state index contributed by atoms with van der Waals surface area (Å²) in [5.74, 6) is -0.483. The fourth-order valence-corrected chi connectivity index (χ4v) is 2.86. The summed E-state index contributed by atoms with van der Waals surface area (Å²) in [6, 6.07) is 9.60. The molecule has 2 amide bonds. The Morgan fingerprint density at radius 3 is 2.40 bits per heavy atom. The molecule has 4 nitrogen and oxygen atoms in total. The van der Waals surface area contributed by atoms with Crippen molar-refractivity contribution in [3.63, 3.8) is 0 Å². The van der Waals surface area contributed by atoms with E-state index in [0.29, 0.717) is 19.4 Å². The topological polar surface area (TPSA) is 49.4 Å². The molecule has 2 rings (SSSR count). The zero-order valence-electron chi connectivity index (χ0n) is 11.7. The van der Waals surface area contributed by atoms with E-state index in [1.807, 2.05) is 44.2 Å². The largest absolute Gasteiger partial charge is 0.302 e. The third kappa shape index (κ3) is 2.33. The van der Waals surface area contributed by atoms with E-state index >= 15 is 0 Å². The molecule has 1 saturated heterocycles. The number of thiocarbonyl (C=S) groups is 1. The number of hydrogen-bond acceptors (Lipinski definition) is 3. The zero-order chi connectivity index (χ0) is 14.8. The SMILES string of the molecule is CCN1C(=O)[C@](CC)(Cc2ccccc2)C(=O)NC1=S. The van der Waals surface area contributed by atoms with E-state index in [1.165, 1.54) is 4.90 Å². The Bertz CT molecular complexity index is 544. The van der Waals surface area contributed by atoms with E-state index in [1.54, 1.807) is 0 Å². The van der Waals surface area contributed by atoms with Gasteiger partial charge < -0.3 is 5.32 Å². The van der Waals surface area contributed by atoms with E-state index in [0.717, 1.165) is 5.56 Å². The Labute approximate surface area is 124 Å². The van der Waals surface area contributed by atoms with Crippen molar-refractivity contribution in [2.45, 2.75) is 26.7 Å². The number of nitrogens with one attached hydrogen (secondary N) is 1. The molecule has 1 aromatic rings. The van der Waals surface area contributed by atoms with E-state index in [9.17, 15) is 9.59 Å². The van der Waals surface area contributed by atoms with Crippen molar-refractivity contribution in [3.8, 4) is 0 Å². The van der Waals surface area contributed by atoms with Crippen molar-refractivity contribution in [1.82, 2.24) is 10.2 Å². The van der Waals surface area contributed by atoms with Crippen molar-refractivity contribution in [2.75, 3.05) is 6.54 Å². The van der Waals surface area contributed by atoms with Gasteiger partial charge in [-0.15, -0.1) is 0 Å². The molecule has 1 fully saturated rings. The molecule has 0 saturated carbocycles. The second kappa shape index (κ2) is 5.71. The van der Waals surface area contributed by atoms with Gasteiger partial charge in [0.05, 0.1) is 0 Å². The average molecular weight is 290 g/mol. The fourth-order valence-electron chi connectivity index (χ4n) is 2.56. The maximum atomic E-state index is 12.7. The van der Waals surface area contributed by atoms with Crippen LogP contribution < -0.4 is 5.32 Å². The number of carbonyl (C=O) groups excluding carboxylic acids is 2. The summed E-state index contributed by atoms with van der Waals surface area (Å²) < 4.78 is 0. The molecule has 0 spiro atoms. The minimum absolute atomic E-state index is 0.194. The average Bonchev–Trinajstić information content (AvgIpc) is 2.45. The maximum absolute atomic E-state index is 12.7. The molecule has 5 heteroatoms. The highest BCUT2D eigenvalue weighted by Gasteiger charge is 2.50. The highest BCUT2D eigenvalue weighted by atomic mass is 32.1. The predicted molar refractivity (Wildman–Crippen MR) is 81.0 cm³/mol. The van der Waals surface area contributed by atoms with Crippen LogP contribution in [0.2, 0.25) is 0 Å². The molecular formula is C15H18N2O2S. The Kier molecular flexibility index (Phi) is 4.18. The molecule has 0 aromatic heterocycles. The molecule has 1 aliphatic heterocycles. The normalized spacial score (nSPS) is 22.9. The first kappa shape index (κ1) is 14.7. The van der Waals surface area contributed by atoms with Gasteiger partial charge in [-0.25, -0.2) is 0 Å². The van der Waals surface area contributed by atoms with Crippen LogP contribution in [0.1, 0.15) is 25.8 Å². The summed E-state index contributed by atoms with van der Waals surface area (Å²) in [4.78, 5) is 26.6. The maximum Gasteiger partial charge on any atom is 0.244 e. The minimum Gasteiger partial charge on any atom is -0.302 e. The second-order valence-corrected chi connectivity index (χ2v) is 5.29. The van der Waals surface area contributed by atoms with Crippen LogP contribution in [-0.2, 0) is 16.0 Å². The summed E-state index contributed by atoms with van der Waals surface area (Å²) in [7, 11) is 0. The summed E-state index contributed by atoms with van der Waals surface area (Å²) in [5, 5.41) is 2.88. The molecule has 1 heterocycles. The molecular weight excluding hydrogens is 272 g/mol. The van der Waals surface area contributed by atoms with Gasteiger partial charge in [-0.2, -0.15) is 0 Å². The molecule has 20 heavy (non-hydrogen) atoms. The first-order valence-corrected chi connectivity index (χ1v) is 7.17. The van der Waals surface area contributed by atoms with Gasteiger partial charge >= 0.3 is 0 Å². The van der Waals surface area contributed by atoms with Gasteiger partial charge in [0.15, 0.2) is 5.11 Å². The van der Waals surface area contributed by atoms with Gasteiger partial charge in [-0.3, -0.25) is 14.5 Å². The van der Waals surface area contributed by atoms with Crippen LogP contribution in [0, 0.1) is 5.41 Å². The van der Waals surface area contributed by atoms with Crippen molar-refractivity contribution in [1.29, 1.82) is 0 Å². The minimum atomic E-state index is -1.06. The summed E-state index contributed by atoms with van der Waals surface area (Å²) >= 11 is 5.07. The third-order valence-corrected chi connectivity index (χ3v) is 4.15. The van der Waals surface area contributed by atoms with Gasteiger partial charge in [-0.05, 0) is 37.5 Å². The lowest BCUT2D eigenvalue weighted by atomic mass is 9.76. The summed E-state index contributed by atoms with van der Waals surface area (Å²) in [6.07, 6.45) is 0.847. The third-order valence-electron chi connectivity index (χ3n) is 3.82. The highest BCUT2D eigenvalue weighted by molar-refractivity contribution is 7.80. The number of benzene rings is 1. The van der Waals surface area contributed by atoms with Gasteiger partial charge in [0.2, 0.25) is 11.8 Å². The Morgan fingerprint density at radius 2 is 1.85 bits per heavy atom. The van der Waals surface area contributed by atoms with Crippen molar-refractivity contribution >= 4 is 29.1 Å². The molecule has 0 radical (unpaired) electrons. The Morgan fingerprint density at radius 1 is 1.20 bits per heavy atom. The molecule has 0 bridgehead atoms. The number of rotatable bonds is 4. The van der Waals surface area contributed by atoms with Crippen molar-refractivity contribution in [2.24, 2.45) is 5.41 Å². The summed E-state index contributed by atoms with van der Waals surface area (Å²) in [5.41, 5.74) is -0.0821. The molecule has 1 N–H and O–H groups in total. The van der Waals surface area contributed by atoms with Crippen LogP contribution in [0.3, 0.4) is 0 Å². The lowest BCUT2D eigenvalue weighted by Gasteiger charge is -2.40. The molecule has 1 atom stereocenters. The van der Waals surface area contributed by atoms with Crippen LogP contribution in [-0.4, -0.2) is 28.4 Å². The first-order valence-electron chi connectivity index (χ1n) is 6.76. The Balaban J connectivity index is 2.39. The van der Waals surface area contributed by atoms with E-state index in [2.05, 4.69) is 5.32 Å². The van der Waals surface area contributed by atoms with Crippen molar-refractivity contribution in [3.05, 3.63) is 35.9 Å². The van der Waals surface area contributed by atoms with Gasteiger partial charge in [0.1, 0.15) is 5.41 Å². The zero-order valence-corrected chi connectivity index (χ0v) is 12.5. The van der Waals surface area contributed by atoms with Crippen LogP contribution in [0.25, 0.3) is 0 Å². The van der Waals surface area contributed by atoms with Crippen LogP contribution in [0.4, 0.5) is 0 Å². The number of hydrogen-bond donors (Lipinski definition) is 1. The molecule has 1 aromatic carbocycles. The van der Waals surface area contributed by atoms with E-state index in [4.69, 9.17) is 12.2 Å². The van der Waals surface area contributed by atoms with Gasteiger partial charge in [0.25, 0.3) is 0 Å². The molecule has 1 aliphatic rings. The standard InChI is InChI=1S/C15H18N2O2S/c1-3-15(10-11-8-6-5-7-9-11)12(18)16-14(20)17(4-2)13(15)19/h5-9H,3-4,10H2,1-2H3,(H,16,18,20)/t15-/m1/s1. The lowest BCUT2D eigenvalue weighted by molar-refractivity contribution is -0.150. The van der Waals surface area contributed by atoms with Crippen LogP contribution in [0.5, 0.6) is 0 Å². The van der Waals surface area contributed by atoms with Gasteiger partial charge in [0, 0.05) is 6.54 Å². The van der Waals surface area contributed by atoms with Crippen LogP contribution in [0.15, 0.2) is 30.3 Å². The number of amides is 2. The predicted octanol–water partition coefficient (Wildman–Crippen LogP) is 1.89. The molecule has 0 aliphatic carbocycles. The summed E-state index contributed by atoms with van der Waals surface area (Å²) in [6.45, 7) is 4.18. The quantitative estimate of drug-likeness (QED) is 0.680. The van der Waals surface area contributed by atoms with Gasteiger partial charge in [-0.1, -0.05) is 37.3 Å². The Hall–Kier alpha value is -1.75. The van der Waals surface area contributed by atoms with Crippen LogP contribution >= 0.6 is 12.2 Å². The first-order chi connectivity index (χ1) is 9.55. The van der Waals surface area contributed by atoms with E-state index in [-0.39, 0.29) is 16.9 Å².